The molecule has 86 valence electrons. The summed E-state index contributed by atoms with van der Waals surface area (Å²) in [6, 6.07) is 0. The van der Waals surface area contributed by atoms with Gasteiger partial charge in [0.25, 0.3) is 0 Å². The average molecular weight is 218 g/mol. The van der Waals surface area contributed by atoms with Gasteiger partial charge in [0, 0.05) is 0 Å². The first-order chi connectivity index (χ1) is 6.94. The van der Waals surface area contributed by atoms with Crippen LogP contribution in [0.5, 0.6) is 0 Å². The molecule has 2 aliphatic heterocycles. The summed E-state index contributed by atoms with van der Waals surface area (Å²) >= 11 is 0. The fourth-order valence-electron chi connectivity index (χ4n) is 1.80. The summed E-state index contributed by atoms with van der Waals surface area (Å²) < 4.78 is 20.5. The summed E-state index contributed by atoms with van der Waals surface area (Å²) in [5.74, 6) is -1.42. The second-order valence-electron chi connectivity index (χ2n) is 4.04. The summed E-state index contributed by atoms with van der Waals surface area (Å²) in [7, 11) is 1.23. The first kappa shape index (κ1) is 10.8. The van der Waals surface area contributed by atoms with Gasteiger partial charge in [-0.3, -0.25) is 0 Å². The van der Waals surface area contributed by atoms with Gasteiger partial charge in [-0.1, -0.05) is 0 Å². The summed E-state index contributed by atoms with van der Waals surface area (Å²) in [5.41, 5.74) is 0. The van der Waals surface area contributed by atoms with Crippen LogP contribution in [0.15, 0.2) is 0 Å². The Bertz CT molecular complexity index is 276. The van der Waals surface area contributed by atoms with Crippen LogP contribution in [0.1, 0.15) is 13.8 Å². The normalized spacial score (nSPS) is 42.7. The number of carbonyl (C=O) groups is 1. The van der Waals surface area contributed by atoms with Gasteiger partial charge >= 0.3 is 5.97 Å². The lowest BCUT2D eigenvalue weighted by atomic mass is 10.1. The molecule has 0 radical (unpaired) electrons. The van der Waals surface area contributed by atoms with Crippen LogP contribution in [0.2, 0.25) is 0 Å². The quantitative estimate of drug-likeness (QED) is 0.592. The van der Waals surface area contributed by atoms with Crippen LogP contribution in [0.25, 0.3) is 0 Å². The molecular weight excluding hydrogens is 204 g/mol. The Labute approximate surface area is 87.1 Å². The zero-order valence-corrected chi connectivity index (χ0v) is 8.80. The van der Waals surface area contributed by atoms with Crippen molar-refractivity contribution in [3.63, 3.8) is 0 Å². The van der Waals surface area contributed by atoms with Gasteiger partial charge in [0.1, 0.15) is 12.2 Å². The van der Waals surface area contributed by atoms with Gasteiger partial charge in [0.05, 0.1) is 7.11 Å². The number of ether oxygens (including phenoxy) is 4. The lowest BCUT2D eigenvalue weighted by molar-refractivity contribution is -0.219. The molecule has 0 aliphatic carbocycles. The van der Waals surface area contributed by atoms with Gasteiger partial charge < -0.3 is 24.1 Å². The van der Waals surface area contributed by atoms with Gasteiger partial charge in [-0.05, 0) is 13.8 Å². The lowest BCUT2D eigenvalue weighted by Gasteiger charge is -2.21. The average Bonchev–Trinajstić information content (AvgIpc) is 2.60. The van der Waals surface area contributed by atoms with Crippen molar-refractivity contribution in [2.24, 2.45) is 0 Å². The molecule has 0 aromatic rings. The topological polar surface area (TPSA) is 74.2 Å². The molecule has 4 atom stereocenters. The van der Waals surface area contributed by atoms with Crippen LogP contribution >= 0.6 is 0 Å². The van der Waals surface area contributed by atoms with E-state index in [2.05, 4.69) is 4.74 Å². The number of hydrogen-bond donors (Lipinski definition) is 1. The summed E-state index contributed by atoms with van der Waals surface area (Å²) in [5, 5.41) is 9.76. The van der Waals surface area contributed by atoms with E-state index >= 15 is 0 Å². The molecule has 2 aliphatic rings. The van der Waals surface area contributed by atoms with E-state index in [4.69, 9.17) is 14.2 Å². The Morgan fingerprint density at radius 3 is 2.60 bits per heavy atom. The standard InChI is InChI=1S/C9H14O6/c1-9(2)14-6-4(10)5(7(11)12-3)13-8(6)15-9/h4-6,8,10H,1-3H3. The zero-order valence-electron chi connectivity index (χ0n) is 8.80. The number of esters is 1. The van der Waals surface area contributed by atoms with E-state index in [9.17, 15) is 9.90 Å². The summed E-state index contributed by atoms with van der Waals surface area (Å²) in [6.45, 7) is 3.43. The smallest absolute Gasteiger partial charge is 0.337 e. The SMILES string of the molecule is COC(=O)C1OC2OC(C)(C)OC2C1O. The van der Waals surface area contributed by atoms with Crippen LogP contribution in [-0.4, -0.2) is 48.6 Å². The minimum atomic E-state index is -1.05. The van der Waals surface area contributed by atoms with Gasteiger partial charge in [0.15, 0.2) is 18.2 Å². The van der Waals surface area contributed by atoms with Crippen LogP contribution in [0.3, 0.4) is 0 Å². The van der Waals surface area contributed by atoms with Gasteiger partial charge in [-0.15, -0.1) is 0 Å². The first-order valence-corrected chi connectivity index (χ1v) is 4.71. The number of carbonyl (C=O) groups excluding carboxylic acids is 1. The molecule has 2 heterocycles. The van der Waals surface area contributed by atoms with Crippen molar-refractivity contribution in [1.82, 2.24) is 0 Å². The zero-order chi connectivity index (χ0) is 11.2. The van der Waals surface area contributed by atoms with E-state index in [0.717, 1.165) is 0 Å². The van der Waals surface area contributed by atoms with Crippen molar-refractivity contribution in [2.45, 2.75) is 44.2 Å². The molecule has 4 unspecified atom stereocenters. The molecule has 0 spiro atoms. The minimum absolute atomic E-state index is 0.623. The summed E-state index contributed by atoms with van der Waals surface area (Å²) in [4.78, 5) is 11.2. The second-order valence-corrected chi connectivity index (χ2v) is 4.04. The number of hydrogen-bond acceptors (Lipinski definition) is 6. The van der Waals surface area contributed by atoms with Crippen molar-refractivity contribution in [3.05, 3.63) is 0 Å². The molecule has 2 saturated heterocycles. The third-order valence-corrected chi connectivity index (χ3v) is 2.45. The minimum Gasteiger partial charge on any atom is -0.467 e. The highest BCUT2D eigenvalue weighted by Crippen LogP contribution is 2.37. The van der Waals surface area contributed by atoms with Crippen molar-refractivity contribution in [3.8, 4) is 0 Å². The van der Waals surface area contributed by atoms with Gasteiger partial charge in [-0.25, -0.2) is 4.79 Å². The predicted molar refractivity (Wildman–Crippen MR) is 46.7 cm³/mol. The molecule has 2 rings (SSSR count). The van der Waals surface area contributed by atoms with Gasteiger partial charge in [-0.2, -0.15) is 0 Å². The Hall–Kier alpha value is -0.690. The number of aliphatic hydroxyl groups excluding tert-OH is 1. The molecule has 1 N–H and O–H groups in total. The van der Waals surface area contributed by atoms with Crippen LogP contribution in [-0.2, 0) is 23.7 Å². The second kappa shape index (κ2) is 3.41. The van der Waals surface area contributed by atoms with E-state index in [1.54, 1.807) is 13.8 Å². The number of aliphatic hydroxyl groups is 1. The lowest BCUT2D eigenvalue weighted by Crippen LogP contribution is -2.39. The Balaban J connectivity index is 2.08. The number of fused-ring (bicyclic) bond motifs is 1. The molecule has 0 bridgehead atoms. The molecule has 6 nitrogen and oxygen atoms in total. The third-order valence-electron chi connectivity index (χ3n) is 2.45. The first-order valence-electron chi connectivity index (χ1n) is 4.71. The fourth-order valence-corrected chi connectivity index (χ4v) is 1.80. The highest BCUT2D eigenvalue weighted by atomic mass is 16.8. The number of rotatable bonds is 1. The summed E-state index contributed by atoms with van der Waals surface area (Å²) in [6.07, 6.45) is -3.42. The maximum atomic E-state index is 11.2. The Kier molecular flexibility index (Phi) is 2.46. The Morgan fingerprint density at radius 1 is 1.40 bits per heavy atom. The molecule has 15 heavy (non-hydrogen) atoms. The maximum absolute atomic E-state index is 11.2. The largest absolute Gasteiger partial charge is 0.467 e. The monoisotopic (exact) mass is 218 g/mol. The molecule has 6 heteroatoms. The van der Waals surface area contributed by atoms with Crippen molar-refractivity contribution in [2.75, 3.05) is 7.11 Å². The van der Waals surface area contributed by atoms with Crippen molar-refractivity contribution >= 4 is 5.97 Å². The number of methoxy groups -OCH3 is 1. The highest BCUT2D eigenvalue weighted by Gasteiger charge is 2.56. The molecule has 0 aromatic heterocycles. The van der Waals surface area contributed by atoms with Crippen LogP contribution in [0, 0.1) is 0 Å². The maximum Gasteiger partial charge on any atom is 0.337 e. The van der Waals surface area contributed by atoms with E-state index in [-0.39, 0.29) is 0 Å². The van der Waals surface area contributed by atoms with Crippen LogP contribution < -0.4 is 0 Å². The van der Waals surface area contributed by atoms with Gasteiger partial charge in [0.2, 0.25) is 0 Å². The predicted octanol–water partition coefficient (Wildman–Crippen LogP) is -0.603. The molecular formula is C9H14O6. The van der Waals surface area contributed by atoms with E-state index in [0.29, 0.717) is 0 Å². The van der Waals surface area contributed by atoms with Crippen LogP contribution in [0.4, 0.5) is 0 Å². The van der Waals surface area contributed by atoms with E-state index in [1.807, 2.05) is 0 Å². The van der Waals surface area contributed by atoms with E-state index in [1.165, 1.54) is 7.11 Å². The highest BCUT2D eigenvalue weighted by molar-refractivity contribution is 5.75. The van der Waals surface area contributed by atoms with Crippen molar-refractivity contribution < 1.29 is 28.8 Å². The molecule has 2 fully saturated rings. The fraction of sp³-hybridized carbons (Fsp3) is 0.889. The van der Waals surface area contributed by atoms with E-state index < -0.39 is 36.4 Å². The third kappa shape index (κ3) is 1.74. The van der Waals surface area contributed by atoms with Crippen molar-refractivity contribution in [1.29, 1.82) is 0 Å². The molecule has 0 saturated carbocycles. The molecule has 0 aromatic carbocycles. The Morgan fingerprint density at radius 2 is 2.07 bits per heavy atom. The molecule has 0 amide bonds.